The predicted octanol–water partition coefficient (Wildman–Crippen LogP) is 3.35. The average molecular weight is 412 g/mol. The maximum absolute atomic E-state index is 12.1. The van der Waals surface area contributed by atoms with Crippen molar-refractivity contribution in [2.24, 2.45) is 0 Å². The van der Waals surface area contributed by atoms with Crippen molar-refractivity contribution in [3.63, 3.8) is 0 Å². The van der Waals surface area contributed by atoms with Crippen molar-refractivity contribution in [2.45, 2.75) is 19.8 Å². The van der Waals surface area contributed by atoms with Crippen LogP contribution in [0.1, 0.15) is 17.5 Å². The molecule has 6 nitrogen and oxygen atoms in total. The molecule has 0 saturated heterocycles. The van der Waals surface area contributed by atoms with Gasteiger partial charge in [-0.15, -0.1) is 12.4 Å². The summed E-state index contributed by atoms with van der Waals surface area (Å²) >= 11 is 6.05. The Bertz CT molecular complexity index is 796. The summed E-state index contributed by atoms with van der Waals surface area (Å²) in [7, 11) is 1.51. The number of carbonyl (C=O) groups is 2. The van der Waals surface area contributed by atoms with E-state index in [1.54, 1.807) is 36.4 Å². The molecular weight excluding hydrogens is 389 g/mol. The lowest BCUT2D eigenvalue weighted by Crippen LogP contribution is -2.29. The number of anilines is 2. The number of hydrogen-bond donors (Lipinski definition) is 3. The molecule has 0 atom stereocenters. The zero-order valence-electron chi connectivity index (χ0n) is 15.2. The Hall–Kier alpha value is -2.44. The highest BCUT2D eigenvalue weighted by atomic mass is 35.5. The predicted molar refractivity (Wildman–Crippen MR) is 111 cm³/mol. The summed E-state index contributed by atoms with van der Waals surface area (Å²) in [5.41, 5.74) is 8.51. The van der Waals surface area contributed by atoms with Gasteiger partial charge in [0.1, 0.15) is 5.75 Å². The van der Waals surface area contributed by atoms with Gasteiger partial charge in [0.05, 0.1) is 19.2 Å². The minimum atomic E-state index is -0.224. The molecule has 0 saturated carbocycles. The van der Waals surface area contributed by atoms with Crippen LogP contribution < -0.4 is 21.1 Å². The SMILES string of the molecule is COc1cc(Cl)c(C)cc1NC(=O)CCNC(=O)Cc1ccc(N)cc1.Cl. The summed E-state index contributed by atoms with van der Waals surface area (Å²) in [6.07, 6.45) is 0.393. The molecule has 2 aromatic carbocycles. The first-order valence-corrected chi connectivity index (χ1v) is 8.52. The van der Waals surface area contributed by atoms with Gasteiger partial charge < -0.3 is 21.1 Å². The second kappa shape index (κ2) is 10.6. The van der Waals surface area contributed by atoms with E-state index < -0.39 is 0 Å². The Morgan fingerprint density at radius 1 is 1.15 bits per heavy atom. The van der Waals surface area contributed by atoms with Crippen LogP contribution in [0.2, 0.25) is 5.02 Å². The Balaban J connectivity index is 0.00000364. The van der Waals surface area contributed by atoms with E-state index in [9.17, 15) is 9.59 Å². The second-order valence-electron chi connectivity index (χ2n) is 5.87. The Labute approximate surface area is 169 Å². The third-order valence-electron chi connectivity index (χ3n) is 3.77. The molecule has 0 unspecified atom stereocenters. The summed E-state index contributed by atoms with van der Waals surface area (Å²) in [4.78, 5) is 24.0. The molecule has 0 aromatic heterocycles. The van der Waals surface area contributed by atoms with E-state index in [-0.39, 0.29) is 43.6 Å². The first kappa shape index (κ1) is 22.6. The van der Waals surface area contributed by atoms with Crippen LogP contribution in [0.3, 0.4) is 0 Å². The molecule has 0 spiro atoms. The van der Waals surface area contributed by atoms with Crippen molar-refractivity contribution in [1.82, 2.24) is 5.32 Å². The van der Waals surface area contributed by atoms with Crippen LogP contribution in [0.5, 0.6) is 5.75 Å². The van der Waals surface area contributed by atoms with Crippen molar-refractivity contribution in [1.29, 1.82) is 0 Å². The standard InChI is InChI=1S/C19H22ClN3O3.ClH/c1-12-9-16(17(26-2)11-15(12)20)23-18(24)7-8-22-19(25)10-13-3-5-14(21)6-4-13;/h3-6,9,11H,7-8,10,21H2,1-2H3,(H,22,25)(H,23,24);1H. The molecular formula is C19H23Cl2N3O3. The van der Waals surface area contributed by atoms with Gasteiger partial charge in [0, 0.05) is 29.7 Å². The Kier molecular flexibility index (Phi) is 8.91. The van der Waals surface area contributed by atoms with Gasteiger partial charge in [-0.3, -0.25) is 9.59 Å². The average Bonchev–Trinajstić information content (AvgIpc) is 2.60. The number of nitrogens with two attached hydrogens (primary N) is 1. The van der Waals surface area contributed by atoms with Gasteiger partial charge in [-0.25, -0.2) is 0 Å². The molecule has 2 amide bonds. The van der Waals surface area contributed by atoms with Gasteiger partial charge in [0.2, 0.25) is 11.8 Å². The maximum atomic E-state index is 12.1. The van der Waals surface area contributed by atoms with Gasteiger partial charge in [-0.1, -0.05) is 23.7 Å². The summed E-state index contributed by atoms with van der Waals surface area (Å²) in [6, 6.07) is 10.5. The minimum absolute atomic E-state index is 0. The van der Waals surface area contributed by atoms with Gasteiger partial charge in [0.15, 0.2) is 0 Å². The van der Waals surface area contributed by atoms with Crippen molar-refractivity contribution in [3.8, 4) is 5.75 Å². The van der Waals surface area contributed by atoms with Gasteiger partial charge >= 0.3 is 0 Å². The lowest BCUT2D eigenvalue weighted by Gasteiger charge is -2.12. The van der Waals surface area contributed by atoms with Crippen LogP contribution in [0.4, 0.5) is 11.4 Å². The summed E-state index contributed by atoms with van der Waals surface area (Å²) in [6.45, 7) is 2.09. The monoisotopic (exact) mass is 411 g/mol. The van der Waals surface area contributed by atoms with E-state index >= 15 is 0 Å². The molecule has 0 aliphatic carbocycles. The molecule has 0 fully saturated rings. The second-order valence-corrected chi connectivity index (χ2v) is 6.28. The van der Waals surface area contributed by atoms with Crippen LogP contribution in [-0.2, 0) is 16.0 Å². The number of hydrogen-bond acceptors (Lipinski definition) is 4. The molecule has 146 valence electrons. The molecule has 0 heterocycles. The molecule has 8 heteroatoms. The summed E-state index contributed by atoms with van der Waals surface area (Å²) in [5.74, 6) is 0.113. The number of ether oxygens (including phenoxy) is 1. The van der Waals surface area contributed by atoms with Gasteiger partial charge in [-0.05, 0) is 36.2 Å². The van der Waals surface area contributed by atoms with E-state index in [2.05, 4.69) is 10.6 Å². The minimum Gasteiger partial charge on any atom is -0.495 e. The highest BCUT2D eigenvalue weighted by Crippen LogP contribution is 2.30. The lowest BCUT2D eigenvalue weighted by atomic mass is 10.1. The topological polar surface area (TPSA) is 93.5 Å². The molecule has 4 N–H and O–H groups in total. The van der Waals surface area contributed by atoms with E-state index in [4.69, 9.17) is 22.1 Å². The summed E-state index contributed by atoms with van der Waals surface area (Å²) in [5, 5.41) is 6.06. The van der Waals surface area contributed by atoms with E-state index in [0.717, 1.165) is 11.1 Å². The van der Waals surface area contributed by atoms with Gasteiger partial charge in [-0.2, -0.15) is 0 Å². The molecule has 2 aromatic rings. The van der Waals surface area contributed by atoms with Crippen LogP contribution in [0.15, 0.2) is 36.4 Å². The zero-order valence-corrected chi connectivity index (χ0v) is 16.7. The zero-order chi connectivity index (χ0) is 19.1. The van der Waals surface area contributed by atoms with Crippen molar-refractivity contribution in [3.05, 3.63) is 52.5 Å². The quantitative estimate of drug-likeness (QED) is 0.608. The van der Waals surface area contributed by atoms with E-state index in [0.29, 0.717) is 22.1 Å². The number of halogens is 2. The van der Waals surface area contributed by atoms with Crippen molar-refractivity contribution >= 4 is 47.2 Å². The van der Waals surface area contributed by atoms with Gasteiger partial charge in [0.25, 0.3) is 0 Å². The van der Waals surface area contributed by atoms with E-state index in [1.165, 1.54) is 7.11 Å². The number of amides is 2. The van der Waals surface area contributed by atoms with Crippen molar-refractivity contribution < 1.29 is 14.3 Å². The third-order valence-corrected chi connectivity index (χ3v) is 4.18. The smallest absolute Gasteiger partial charge is 0.226 e. The molecule has 2 rings (SSSR count). The van der Waals surface area contributed by atoms with Crippen LogP contribution in [0, 0.1) is 6.92 Å². The third kappa shape index (κ3) is 7.00. The number of carbonyl (C=O) groups excluding carboxylic acids is 2. The number of nitrogens with one attached hydrogen (secondary N) is 2. The fourth-order valence-electron chi connectivity index (χ4n) is 2.34. The number of aryl methyl sites for hydroxylation is 1. The highest BCUT2D eigenvalue weighted by molar-refractivity contribution is 6.31. The number of nitrogen functional groups attached to an aromatic ring is 1. The Morgan fingerprint density at radius 3 is 2.44 bits per heavy atom. The fourth-order valence-corrected chi connectivity index (χ4v) is 2.50. The van der Waals surface area contributed by atoms with E-state index in [1.807, 2.05) is 6.92 Å². The van der Waals surface area contributed by atoms with Crippen LogP contribution >= 0.6 is 24.0 Å². The molecule has 0 radical (unpaired) electrons. The first-order valence-electron chi connectivity index (χ1n) is 8.14. The van der Waals surface area contributed by atoms with Crippen molar-refractivity contribution in [2.75, 3.05) is 24.7 Å². The van der Waals surface area contributed by atoms with Crippen LogP contribution in [-0.4, -0.2) is 25.5 Å². The largest absolute Gasteiger partial charge is 0.495 e. The van der Waals surface area contributed by atoms with Crippen LogP contribution in [0.25, 0.3) is 0 Å². The lowest BCUT2D eigenvalue weighted by molar-refractivity contribution is -0.120. The molecule has 0 aliphatic rings. The molecule has 0 aliphatic heterocycles. The fraction of sp³-hybridized carbons (Fsp3) is 0.263. The Morgan fingerprint density at radius 2 is 1.81 bits per heavy atom. The maximum Gasteiger partial charge on any atom is 0.226 e. The molecule has 0 bridgehead atoms. The number of methoxy groups -OCH3 is 1. The number of benzene rings is 2. The highest BCUT2D eigenvalue weighted by Gasteiger charge is 2.11. The normalized spacial score (nSPS) is 9.89. The first-order chi connectivity index (χ1) is 12.4. The summed E-state index contributed by atoms with van der Waals surface area (Å²) < 4.78 is 5.22. The number of rotatable bonds is 7. The molecule has 27 heavy (non-hydrogen) atoms.